The van der Waals surface area contributed by atoms with Crippen LogP contribution in [0.3, 0.4) is 0 Å². The first-order chi connectivity index (χ1) is 14.3. The fourth-order valence-electron chi connectivity index (χ4n) is 3.57. The minimum absolute atomic E-state index is 0.0695. The van der Waals surface area contributed by atoms with E-state index < -0.39 is 0 Å². The van der Waals surface area contributed by atoms with Crippen LogP contribution in [0.25, 0.3) is 39.5 Å². The van der Waals surface area contributed by atoms with E-state index in [0.717, 1.165) is 11.3 Å². The van der Waals surface area contributed by atoms with E-state index in [4.69, 9.17) is 4.98 Å². The normalized spacial score (nSPS) is 11.4. The summed E-state index contributed by atoms with van der Waals surface area (Å²) in [6.07, 6.45) is 3.91. The van der Waals surface area contributed by atoms with Crippen LogP contribution in [0.15, 0.2) is 102 Å². The zero-order valence-corrected chi connectivity index (χ0v) is 15.7. The molecule has 0 bridgehead atoms. The van der Waals surface area contributed by atoms with E-state index in [0.29, 0.717) is 16.7 Å². The SMILES string of the molecule is O=c1c2ccccc2nc(/C=C/c2ccc3ccccc3c2)n1-c1ccccc1. The summed E-state index contributed by atoms with van der Waals surface area (Å²) in [5.74, 6) is 0.605. The van der Waals surface area contributed by atoms with Gasteiger partial charge in [0.1, 0.15) is 5.82 Å². The second-order valence-corrected chi connectivity index (χ2v) is 6.90. The van der Waals surface area contributed by atoms with Crippen molar-refractivity contribution >= 4 is 33.8 Å². The Balaban J connectivity index is 1.68. The highest BCUT2D eigenvalue weighted by Crippen LogP contribution is 2.19. The molecule has 0 N–H and O–H groups in total. The summed E-state index contributed by atoms with van der Waals surface area (Å²) in [5.41, 5.74) is 2.49. The van der Waals surface area contributed by atoms with E-state index in [1.165, 1.54) is 10.8 Å². The zero-order valence-electron chi connectivity index (χ0n) is 15.7. The number of benzene rings is 4. The Morgan fingerprint density at radius 3 is 2.28 bits per heavy atom. The highest BCUT2D eigenvalue weighted by molar-refractivity contribution is 5.86. The fraction of sp³-hybridized carbons (Fsp3) is 0. The van der Waals surface area contributed by atoms with Crippen LogP contribution in [0.2, 0.25) is 0 Å². The molecular weight excluding hydrogens is 356 g/mol. The first kappa shape index (κ1) is 17.1. The van der Waals surface area contributed by atoms with E-state index in [9.17, 15) is 4.79 Å². The lowest BCUT2D eigenvalue weighted by molar-refractivity contribution is 0.944. The average Bonchev–Trinajstić information content (AvgIpc) is 2.78. The molecule has 0 saturated heterocycles. The Kier molecular flexibility index (Phi) is 4.26. The molecule has 5 aromatic rings. The van der Waals surface area contributed by atoms with E-state index in [2.05, 4.69) is 30.3 Å². The average molecular weight is 374 g/mol. The summed E-state index contributed by atoms with van der Waals surface area (Å²) < 4.78 is 1.67. The monoisotopic (exact) mass is 374 g/mol. The van der Waals surface area contributed by atoms with Gasteiger partial charge in [-0.3, -0.25) is 9.36 Å². The number of fused-ring (bicyclic) bond motifs is 2. The van der Waals surface area contributed by atoms with Crippen LogP contribution >= 0.6 is 0 Å². The predicted molar refractivity (Wildman–Crippen MR) is 120 cm³/mol. The lowest BCUT2D eigenvalue weighted by Gasteiger charge is -2.11. The molecule has 0 amide bonds. The summed E-state index contributed by atoms with van der Waals surface area (Å²) in [5, 5.41) is 3.00. The molecule has 0 atom stereocenters. The maximum atomic E-state index is 13.2. The zero-order chi connectivity index (χ0) is 19.6. The lowest BCUT2D eigenvalue weighted by Crippen LogP contribution is -2.22. The largest absolute Gasteiger partial charge is 0.268 e. The van der Waals surface area contributed by atoms with Crippen molar-refractivity contribution in [2.45, 2.75) is 0 Å². The molecule has 1 heterocycles. The second kappa shape index (κ2) is 7.21. The molecule has 0 aliphatic carbocycles. The molecule has 0 unspecified atom stereocenters. The Bertz CT molecular complexity index is 1420. The first-order valence-electron chi connectivity index (χ1n) is 9.54. The van der Waals surface area contributed by atoms with E-state index in [-0.39, 0.29) is 5.56 Å². The van der Waals surface area contributed by atoms with Gasteiger partial charge in [0, 0.05) is 0 Å². The third-order valence-corrected chi connectivity index (χ3v) is 5.01. The molecule has 0 saturated carbocycles. The van der Waals surface area contributed by atoms with Crippen LogP contribution in [0.4, 0.5) is 0 Å². The Morgan fingerprint density at radius 2 is 1.41 bits per heavy atom. The van der Waals surface area contributed by atoms with Crippen LogP contribution in [0, 0.1) is 0 Å². The van der Waals surface area contributed by atoms with Crippen molar-refractivity contribution in [3.63, 3.8) is 0 Å². The minimum Gasteiger partial charge on any atom is -0.268 e. The van der Waals surface area contributed by atoms with E-state index in [1.807, 2.05) is 78.9 Å². The molecule has 4 aromatic carbocycles. The van der Waals surface area contributed by atoms with Gasteiger partial charge in [-0.2, -0.15) is 0 Å². The van der Waals surface area contributed by atoms with Crippen molar-refractivity contribution in [2.75, 3.05) is 0 Å². The van der Waals surface area contributed by atoms with Crippen LogP contribution in [-0.4, -0.2) is 9.55 Å². The van der Waals surface area contributed by atoms with Gasteiger partial charge in [-0.25, -0.2) is 4.98 Å². The van der Waals surface area contributed by atoms with Crippen LogP contribution in [0.5, 0.6) is 0 Å². The van der Waals surface area contributed by atoms with Gasteiger partial charge in [0.15, 0.2) is 0 Å². The molecule has 0 spiro atoms. The molecule has 1 aromatic heterocycles. The van der Waals surface area contributed by atoms with Crippen molar-refractivity contribution < 1.29 is 0 Å². The fourth-order valence-corrected chi connectivity index (χ4v) is 3.57. The number of nitrogens with zero attached hydrogens (tertiary/aromatic N) is 2. The quantitative estimate of drug-likeness (QED) is 0.405. The highest BCUT2D eigenvalue weighted by Gasteiger charge is 2.10. The third kappa shape index (κ3) is 3.23. The first-order valence-corrected chi connectivity index (χ1v) is 9.54. The number of hydrogen-bond acceptors (Lipinski definition) is 2. The van der Waals surface area contributed by atoms with Gasteiger partial charge in [-0.05, 0) is 52.7 Å². The predicted octanol–water partition coefficient (Wildman–Crippen LogP) is 5.71. The number of aromatic nitrogens is 2. The molecule has 138 valence electrons. The minimum atomic E-state index is -0.0695. The lowest BCUT2D eigenvalue weighted by atomic mass is 10.1. The third-order valence-electron chi connectivity index (χ3n) is 5.01. The van der Waals surface area contributed by atoms with Gasteiger partial charge in [0.25, 0.3) is 5.56 Å². The van der Waals surface area contributed by atoms with E-state index >= 15 is 0 Å². The molecule has 3 nitrogen and oxygen atoms in total. The maximum absolute atomic E-state index is 13.2. The molecular formula is C26H18N2O. The van der Waals surface area contributed by atoms with Gasteiger partial charge in [0.05, 0.1) is 16.6 Å². The standard InChI is InChI=1S/C26H18N2O/c29-26-23-12-6-7-13-24(23)27-25(28(26)22-10-2-1-3-11-22)17-15-19-14-16-20-8-4-5-9-21(20)18-19/h1-18H/b17-15+. The van der Waals surface area contributed by atoms with Crippen LogP contribution < -0.4 is 5.56 Å². The molecule has 3 heteroatoms. The highest BCUT2D eigenvalue weighted by atomic mass is 16.1. The van der Waals surface area contributed by atoms with Crippen LogP contribution in [-0.2, 0) is 0 Å². The van der Waals surface area contributed by atoms with Gasteiger partial charge in [0.2, 0.25) is 0 Å². The maximum Gasteiger partial charge on any atom is 0.266 e. The molecule has 5 rings (SSSR count). The number of hydrogen-bond donors (Lipinski definition) is 0. The molecule has 0 aliphatic heterocycles. The Morgan fingerprint density at radius 1 is 0.690 bits per heavy atom. The summed E-state index contributed by atoms with van der Waals surface area (Å²) in [7, 11) is 0. The van der Waals surface area contributed by atoms with Gasteiger partial charge in [-0.1, -0.05) is 72.8 Å². The molecule has 0 aliphatic rings. The van der Waals surface area contributed by atoms with E-state index in [1.54, 1.807) is 4.57 Å². The topological polar surface area (TPSA) is 34.9 Å². The summed E-state index contributed by atoms with van der Waals surface area (Å²) in [6.45, 7) is 0. The summed E-state index contributed by atoms with van der Waals surface area (Å²) >= 11 is 0. The van der Waals surface area contributed by atoms with Gasteiger partial charge >= 0.3 is 0 Å². The summed E-state index contributed by atoms with van der Waals surface area (Å²) in [6, 6.07) is 31.7. The smallest absolute Gasteiger partial charge is 0.266 e. The van der Waals surface area contributed by atoms with Gasteiger partial charge < -0.3 is 0 Å². The number of rotatable bonds is 3. The molecule has 0 radical (unpaired) electrons. The number of para-hydroxylation sites is 2. The second-order valence-electron chi connectivity index (χ2n) is 6.90. The van der Waals surface area contributed by atoms with Crippen molar-refractivity contribution in [3.05, 3.63) is 119 Å². The Hall–Kier alpha value is -3.98. The van der Waals surface area contributed by atoms with Gasteiger partial charge in [-0.15, -0.1) is 0 Å². The molecule has 29 heavy (non-hydrogen) atoms. The van der Waals surface area contributed by atoms with Crippen molar-refractivity contribution in [1.82, 2.24) is 9.55 Å². The summed E-state index contributed by atoms with van der Waals surface area (Å²) in [4.78, 5) is 18.0. The van der Waals surface area contributed by atoms with Crippen molar-refractivity contribution in [2.24, 2.45) is 0 Å². The Labute approximate surface area is 168 Å². The van der Waals surface area contributed by atoms with Crippen LogP contribution in [0.1, 0.15) is 11.4 Å². The van der Waals surface area contributed by atoms with Crippen molar-refractivity contribution in [3.8, 4) is 5.69 Å². The van der Waals surface area contributed by atoms with Crippen molar-refractivity contribution in [1.29, 1.82) is 0 Å². The molecule has 0 fully saturated rings.